The van der Waals surface area contributed by atoms with Crippen LogP contribution in [0.4, 0.5) is 4.79 Å². The van der Waals surface area contributed by atoms with E-state index in [9.17, 15) is 14.4 Å². The van der Waals surface area contributed by atoms with E-state index in [1.807, 2.05) is 0 Å². The molecule has 0 radical (unpaired) electrons. The van der Waals surface area contributed by atoms with E-state index in [0.29, 0.717) is 5.69 Å². The average Bonchev–Trinajstić information content (AvgIpc) is 2.77. The van der Waals surface area contributed by atoms with Crippen LogP contribution in [0.2, 0.25) is 0 Å². The quantitative estimate of drug-likeness (QED) is 0.420. The number of H-pyrrole nitrogens is 1. The number of imidazole rings is 1. The van der Waals surface area contributed by atoms with Gasteiger partial charge < -0.3 is 26.5 Å². The minimum atomic E-state index is -1.34. The summed E-state index contributed by atoms with van der Waals surface area (Å²) in [4.78, 5) is 39.2. The predicted molar refractivity (Wildman–Crippen MR) is 59.2 cm³/mol. The van der Waals surface area contributed by atoms with E-state index in [-0.39, 0.29) is 6.54 Å². The SMILES string of the molecule is NC(=O)C[C@@H](NC(=O)NCc1cnc[nH]1)C(=O)O. The first-order chi connectivity index (χ1) is 8.49. The van der Waals surface area contributed by atoms with Gasteiger partial charge in [0.25, 0.3) is 0 Å². The molecule has 0 aliphatic carbocycles. The van der Waals surface area contributed by atoms with Crippen LogP contribution in [0.25, 0.3) is 0 Å². The summed E-state index contributed by atoms with van der Waals surface area (Å²) >= 11 is 0. The summed E-state index contributed by atoms with van der Waals surface area (Å²) in [7, 11) is 0. The van der Waals surface area contributed by atoms with Gasteiger partial charge >= 0.3 is 12.0 Å². The third kappa shape index (κ3) is 4.51. The molecule has 1 aromatic heterocycles. The summed E-state index contributed by atoms with van der Waals surface area (Å²) < 4.78 is 0. The Hall–Kier alpha value is -2.58. The molecule has 0 aromatic carbocycles. The third-order valence-corrected chi connectivity index (χ3v) is 2.00. The number of amides is 3. The molecule has 9 heteroatoms. The van der Waals surface area contributed by atoms with Crippen molar-refractivity contribution in [3.05, 3.63) is 18.2 Å². The Balaban J connectivity index is 2.41. The number of hydrogen-bond donors (Lipinski definition) is 5. The summed E-state index contributed by atoms with van der Waals surface area (Å²) in [6.07, 6.45) is 2.49. The number of nitrogens with one attached hydrogen (secondary N) is 3. The first-order valence-corrected chi connectivity index (χ1v) is 5.01. The Morgan fingerprint density at radius 2 is 2.22 bits per heavy atom. The molecule has 0 aliphatic heterocycles. The third-order valence-electron chi connectivity index (χ3n) is 2.00. The van der Waals surface area contributed by atoms with E-state index in [2.05, 4.69) is 20.6 Å². The number of nitrogens with two attached hydrogens (primary N) is 1. The van der Waals surface area contributed by atoms with Crippen LogP contribution in [-0.2, 0) is 16.1 Å². The van der Waals surface area contributed by atoms with Gasteiger partial charge in [-0.2, -0.15) is 0 Å². The van der Waals surface area contributed by atoms with E-state index >= 15 is 0 Å². The van der Waals surface area contributed by atoms with Crippen LogP contribution >= 0.6 is 0 Å². The molecule has 98 valence electrons. The van der Waals surface area contributed by atoms with Crippen molar-refractivity contribution in [2.45, 2.75) is 19.0 Å². The highest BCUT2D eigenvalue weighted by atomic mass is 16.4. The minimum absolute atomic E-state index is 0.161. The Morgan fingerprint density at radius 1 is 1.50 bits per heavy atom. The number of nitrogens with zero attached hydrogens (tertiary/aromatic N) is 1. The topological polar surface area (TPSA) is 150 Å². The minimum Gasteiger partial charge on any atom is -0.480 e. The molecule has 6 N–H and O–H groups in total. The lowest BCUT2D eigenvalue weighted by Gasteiger charge is -2.13. The summed E-state index contributed by atoms with van der Waals surface area (Å²) in [6, 6.07) is -2.05. The van der Waals surface area contributed by atoms with E-state index in [4.69, 9.17) is 10.8 Å². The van der Waals surface area contributed by atoms with Crippen molar-refractivity contribution in [2.24, 2.45) is 5.73 Å². The lowest BCUT2D eigenvalue weighted by Crippen LogP contribution is -2.47. The van der Waals surface area contributed by atoms with Crippen molar-refractivity contribution in [3.63, 3.8) is 0 Å². The molecule has 1 atom stereocenters. The van der Waals surface area contributed by atoms with Crippen molar-refractivity contribution in [1.29, 1.82) is 0 Å². The van der Waals surface area contributed by atoms with Crippen LogP contribution in [-0.4, -0.2) is 39.0 Å². The molecule has 0 aliphatic rings. The molecule has 18 heavy (non-hydrogen) atoms. The number of primary amides is 1. The maximum absolute atomic E-state index is 11.4. The largest absolute Gasteiger partial charge is 0.480 e. The summed E-state index contributed by atoms with van der Waals surface area (Å²) in [5.74, 6) is -2.14. The smallest absolute Gasteiger partial charge is 0.326 e. The van der Waals surface area contributed by atoms with Crippen LogP contribution in [0, 0.1) is 0 Å². The molecule has 1 heterocycles. The highest BCUT2D eigenvalue weighted by Crippen LogP contribution is 1.93. The number of aliphatic carboxylic acids is 1. The zero-order chi connectivity index (χ0) is 13.5. The molecular weight excluding hydrogens is 242 g/mol. The van der Waals surface area contributed by atoms with Gasteiger partial charge in [0, 0.05) is 6.20 Å². The van der Waals surface area contributed by atoms with Crippen molar-refractivity contribution in [2.75, 3.05) is 0 Å². The number of urea groups is 1. The lowest BCUT2D eigenvalue weighted by molar-refractivity contribution is -0.140. The molecule has 1 aromatic rings. The second kappa shape index (κ2) is 6.23. The number of rotatable bonds is 6. The Bertz CT molecular complexity index is 430. The lowest BCUT2D eigenvalue weighted by atomic mass is 10.2. The predicted octanol–water partition coefficient (Wildman–Crippen LogP) is -1.46. The highest BCUT2D eigenvalue weighted by Gasteiger charge is 2.21. The van der Waals surface area contributed by atoms with Crippen LogP contribution in [0.1, 0.15) is 12.1 Å². The van der Waals surface area contributed by atoms with Gasteiger partial charge in [0.1, 0.15) is 6.04 Å². The molecule has 0 unspecified atom stereocenters. The van der Waals surface area contributed by atoms with Crippen LogP contribution in [0.5, 0.6) is 0 Å². The second-order valence-corrected chi connectivity index (χ2v) is 3.47. The van der Waals surface area contributed by atoms with Crippen molar-refractivity contribution in [3.8, 4) is 0 Å². The molecule has 0 fully saturated rings. The standard InChI is InChI=1S/C9H13N5O4/c10-7(15)1-6(8(16)17)14-9(18)12-3-5-2-11-4-13-5/h2,4,6H,1,3H2,(H2,10,15)(H,11,13)(H,16,17)(H2,12,14,18)/t6-/m1/s1. The van der Waals surface area contributed by atoms with Gasteiger partial charge in [0.2, 0.25) is 5.91 Å². The Morgan fingerprint density at radius 3 is 2.72 bits per heavy atom. The number of aromatic amines is 1. The number of carboxylic acids is 1. The van der Waals surface area contributed by atoms with Gasteiger partial charge in [0.05, 0.1) is 25.0 Å². The molecule has 0 bridgehead atoms. The van der Waals surface area contributed by atoms with Crippen molar-refractivity contribution in [1.82, 2.24) is 20.6 Å². The van der Waals surface area contributed by atoms with Gasteiger partial charge in [-0.05, 0) is 0 Å². The summed E-state index contributed by atoms with van der Waals surface area (Å²) in [5.41, 5.74) is 5.53. The van der Waals surface area contributed by atoms with Gasteiger partial charge in [0.15, 0.2) is 0 Å². The second-order valence-electron chi connectivity index (χ2n) is 3.47. The van der Waals surface area contributed by atoms with E-state index in [1.54, 1.807) is 0 Å². The monoisotopic (exact) mass is 255 g/mol. The fourth-order valence-electron chi connectivity index (χ4n) is 1.17. The molecular formula is C9H13N5O4. The van der Waals surface area contributed by atoms with E-state index < -0.39 is 30.4 Å². The van der Waals surface area contributed by atoms with Gasteiger partial charge in [-0.3, -0.25) is 4.79 Å². The number of carbonyl (C=O) groups is 3. The van der Waals surface area contributed by atoms with Crippen molar-refractivity contribution >= 4 is 17.9 Å². The van der Waals surface area contributed by atoms with E-state index in [1.165, 1.54) is 12.5 Å². The molecule has 0 saturated heterocycles. The Labute approximate surface area is 102 Å². The van der Waals surface area contributed by atoms with Crippen LogP contribution in [0.15, 0.2) is 12.5 Å². The number of aromatic nitrogens is 2. The fourth-order valence-corrected chi connectivity index (χ4v) is 1.17. The van der Waals surface area contributed by atoms with Gasteiger partial charge in [-0.15, -0.1) is 0 Å². The highest BCUT2D eigenvalue weighted by molar-refractivity contribution is 5.87. The van der Waals surface area contributed by atoms with E-state index in [0.717, 1.165) is 0 Å². The normalized spacial score (nSPS) is 11.6. The summed E-state index contributed by atoms with van der Waals surface area (Å²) in [5, 5.41) is 13.3. The Kier molecular flexibility index (Phi) is 4.67. The molecule has 0 saturated carbocycles. The summed E-state index contributed by atoms with van der Waals surface area (Å²) in [6.45, 7) is 0.161. The zero-order valence-electron chi connectivity index (χ0n) is 9.34. The molecule has 0 spiro atoms. The number of carboxylic acid groups (broad SMARTS) is 1. The molecule has 3 amide bonds. The average molecular weight is 255 g/mol. The van der Waals surface area contributed by atoms with Crippen LogP contribution < -0.4 is 16.4 Å². The first-order valence-electron chi connectivity index (χ1n) is 5.01. The van der Waals surface area contributed by atoms with Gasteiger partial charge in [-0.25, -0.2) is 14.6 Å². The first kappa shape index (κ1) is 13.5. The molecule has 9 nitrogen and oxygen atoms in total. The fraction of sp³-hybridized carbons (Fsp3) is 0.333. The zero-order valence-corrected chi connectivity index (χ0v) is 9.34. The number of carbonyl (C=O) groups excluding carboxylic acids is 2. The maximum atomic E-state index is 11.4. The number of hydrogen-bond acceptors (Lipinski definition) is 4. The van der Waals surface area contributed by atoms with Crippen molar-refractivity contribution < 1.29 is 19.5 Å². The molecule has 1 rings (SSSR count). The van der Waals surface area contributed by atoms with Gasteiger partial charge in [-0.1, -0.05) is 0 Å². The maximum Gasteiger partial charge on any atom is 0.326 e. The van der Waals surface area contributed by atoms with Crippen LogP contribution in [0.3, 0.4) is 0 Å².